The summed E-state index contributed by atoms with van der Waals surface area (Å²) in [5.41, 5.74) is -0.658. The number of hydrogen-bond donors (Lipinski definition) is 1. The van der Waals surface area contributed by atoms with Crippen LogP contribution >= 0.6 is 22.9 Å². The number of allylic oxidation sites excluding steroid dienone is 2. The average Bonchev–Trinajstić information content (AvgIpc) is 3.40. The predicted molar refractivity (Wildman–Crippen MR) is 96.5 cm³/mol. The molecule has 1 N–H and O–H groups in total. The van der Waals surface area contributed by atoms with Crippen molar-refractivity contribution in [2.45, 2.75) is 23.8 Å². The summed E-state index contributed by atoms with van der Waals surface area (Å²) >= 11 is 8.12. The summed E-state index contributed by atoms with van der Waals surface area (Å²) < 4.78 is 45.4. The number of carbonyl (C=O) groups is 1. The van der Waals surface area contributed by atoms with E-state index in [-0.39, 0.29) is 6.54 Å². The maximum Gasteiger partial charge on any atom is 0.419 e. The Morgan fingerprint density at radius 2 is 2.29 bits per heavy atom. The third-order valence-corrected chi connectivity index (χ3v) is 5.70. The first kappa shape index (κ1) is 18.8. The molecule has 0 aromatic carbocycles. The van der Waals surface area contributed by atoms with Gasteiger partial charge >= 0.3 is 6.18 Å². The summed E-state index contributed by atoms with van der Waals surface area (Å²) in [6, 6.07) is 0.154. The number of halogens is 4. The summed E-state index contributed by atoms with van der Waals surface area (Å²) in [5.74, 6) is -1.04. The third kappa shape index (κ3) is 3.02. The van der Waals surface area contributed by atoms with Gasteiger partial charge in [-0.05, 0) is 18.2 Å². The molecular formula is C17H12ClF3N4O2S. The highest BCUT2D eigenvalue weighted by Crippen LogP contribution is 2.47. The molecule has 0 aliphatic carbocycles. The van der Waals surface area contributed by atoms with Crippen molar-refractivity contribution in [3.8, 4) is 0 Å². The van der Waals surface area contributed by atoms with Crippen LogP contribution in [0, 0.1) is 0 Å². The van der Waals surface area contributed by atoms with E-state index < -0.39 is 34.5 Å². The van der Waals surface area contributed by atoms with Gasteiger partial charge in [-0.15, -0.1) is 11.3 Å². The largest absolute Gasteiger partial charge is 0.472 e. The van der Waals surface area contributed by atoms with Gasteiger partial charge in [0.05, 0.1) is 24.6 Å². The Morgan fingerprint density at radius 3 is 2.93 bits per heavy atom. The van der Waals surface area contributed by atoms with Crippen molar-refractivity contribution in [1.82, 2.24) is 15.2 Å². The number of amidine groups is 1. The lowest BCUT2D eigenvalue weighted by Crippen LogP contribution is -2.50. The molecule has 2 aromatic rings. The van der Waals surface area contributed by atoms with E-state index in [1.54, 1.807) is 11.6 Å². The number of rotatable bonds is 4. The zero-order valence-electron chi connectivity index (χ0n) is 14.0. The number of furan rings is 1. The van der Waals surface area contributed by atoms with Crippen LogP contribution in [0.4, 0.5) is 13.2 Å². The number of fused-ring (bicyclic) bond motifs is 1. The van der Waals surface area contributed by atoms with Crippen LogP contribution < -0.4 is 5.32 Å². The van der Waals surface area contributed by atoms with Gasteiger partial charge in [0.2, 0.25) is 5.91 Å². The van der Waals surface area contributed by atoms with Crippen molar-refractivity contribution in [3.05, 3.63) is 64.7 Å². The van der Waals surface area contributed by atoms with E-state index in [1.807, 2.05) is 0 Å². The monoisotopic (exact) mass is 428 g/mol. The van der Waals surface area contributed by atoms with Crippen LogP contribution in [-0.2, 0) is 16.3 Å². The first-order valence-electron chi connectivity index (χ1n) is 8.02. The quantitative estimate of drug-likeness (QED) is 0.597. The lowest BCUT2D eigenvalue weighted by molar-refractivity contribution is -0.123. The Morgan fingerprint density at radius 1 is 1.46 bits per heavy atom. The zero-order chi connectivity index (χ0) is 19.9. The van der Waals surface area contributed by atoms with Crippen molar-refractivity contribution < 1.29 is 22.4 Å². The number of aliphatic imine (C=N–C) groups is 1. The fourth-order valence-electron chi connectivity index (χ4n) is 3.05. The maximum absolute atomic E-state index is 13.5. The highest BCUT2D eigenvalue weighted by Gasteiger charge is 2.57. The van der Waals surface area contributed by atoms with Gasteiger partial charge in [-0.2, -0.15) is 13.2 Å². The molecule has 1 amide bonds. The van der Waals surface area contributed by atoms with E-state index in [0.29, 0.717) is 10.6 Å². The Hall–Kier alpha value is -2.59. The first-order chi connectivity index (χ1) is 13.3. The molecule has 2 unspecified atom stereocenters. The Balaban J connectivity index is 1.71. The normalized spacial score (nSPS) is 24.0. The van der Waals surface area contributed by atoms with Crippen molar-refractivity contribution in [1.29, 1.82) is 0 Å². The number of amides is 1. The standard InChI is InChI=1S/C17H12ClF3N4O2S/c18-16(10-3-6-27-9-10)13(15(26)23-8-12-22-4-7-28-12)24-14-11(17(19,20)21)2-1-5-25(14)16/h1-7,9,13H,8H2,(H,23,26). The van der Waals surface area contributed by atoms with E-state index in [9.17, 15) is 18.0 Å². The number of thiazole rings is 1. The molecule has 146 valence electrons. The summed E-state index contributed by atoms with van der Waals surface area (Å²) in [7, 11) is 0. The molecule has 0 saturated carbocycles. The molecule has 28 heavy (non-hydrogen) atoms. The number of nitrogens with one attached hydrogen (secondary N) is 1. The van der Waals surface area contributed by atoms with Gasteiger partial charge in [-0.3, -0.25) is 4.79 Å². The van der Waals surface area contributed by atoms with E-state index in [0.717, 1.165) is 11.0 Å². The predicted octanol–water partition coefficient (Wildman–Crippen LogP) is 3.54. The summed E-state index contributed by atoms with van der Waals surface area (Å²) in [4.78, 5) is 20.4. The van der Waals surface area contributed by atoms with E-state index in [4.69, 9.17) is 16.0 Å². The minimum Gasteiger partial charge on any atom is -0.472 e. The molecule has 0 spiro atoms. The fourth-order valence-corrected chi connectivity index (χ4v) is 4.00. The molecule has 2 aromatic heterocycles. The number of carbonyl (C=O) groups excluding carboxylic acids is 1. The van der Waals surface area contributed by atoms with Gasteiger partial charge < -0.3 is 14.6 Å². The van der Waals surface area contributed by atoms with Crippen LogP contribution in [0.5, 0.6) is 0 Å². The average molecular weight is 429 g/mol. The fraction of sp³-hybridized carbons (Fsp3) is 0.235. The Labute approximate surface area is 166 Å². The summed E-state index contributed by atoms with van der Waals surface area (Å²) in [6.07, 6.45) is 3.03. The molecule has 0 radical (unpaired) electrons. The molecule has 4 rings (SSSR count). The topological polar surface area (TPSA) is 70.7 Å². The minimum absolute atomic E-state index is 0.119. The lowest BCUT2D eigenvalue weighted by Gasteiger charge is -2.36. The number of nitrogens with zero attached hydrogens (tertiary/aromatic N) is 3. The smallest absolute Gasteiger partial charge is 0.419 e. The Bertz CT molecular complexity index is 969. The van der Waals surface area contributed by atoms with Gasteiger partial charge in [0, 0.05) is 23.3 Å². The third-order valence-electron chi connectivity index (χ3n) is 4.31. The second kappa shape index (κ2) is 6.78. The molecule has 2 aliphatic rings. The highest BCUT2D eigenvalue weighted by atomic mass is 35.5. The molecule has 0 bridgehead atoms. The SMILES string of the molecule is O=C(NCc1nccs1)C1N=C2C(C(F)(F)F)=CC=CN2C1(Cl)c1ccoc1. The molecule has 2 atom stereocenters. The van der Waals surface area contributed by atoms with Crippen molar-refractivity contribution >= 4 is 34.7 Å². The number of aromatic nitrogens is 1. The molecule has 0 saturated heterocycles. The number of hydrogen-bond acceptors (Lipinski definition) is 6. The second-order valence-corrected chi connectivity index (χ2v) is 7.53. The van der Waals surface area contributed by atoms with Gasteiger partial charge in [0.25, 0.3) is 0 Å². The van der Waals surface area contributed by atoms with E-state index in [2.05, 4.69) is 15.3 Å². The lowest BCUT2D eigenvalue weighted by atomic mass is 9.99. The van der Waals surface area contributed by atoms with E-state index in [1.165, 1.54) is 42.2 Å². The van der Waals surface area contributed by atoms with Crippen LogP contribution in [0.3, 0.4) is 0 Å². The minimum atomic E-state index is -4.65. The van der Waals surface area contributed by atoms with Crippen molar-refractivity contribution in [3.63, 3.8) is 0 Å². The van der Waals surface area contributed by atoms with Gasteiger partial charge in [0.1, 0.15) is 10.8 Å². The first-order valence-corrected chi connectivity index (χ1v) is 9.28. The van der Waals surface area contributed by atoms with Crippen molar-refractivity contribution in [2.75, 3.05) is 0 Å². The molecular weight excluding hydrogens is 417 g/mol. The van der Waals surface area contributed by atoms with Crippen LogP contribution in [-0.4, -0.2) is 33.8 Å². The number of alkyl halides is 4. The zero-order valence-corrected chi connectivity index (χ0v) is 15.6. The molecule has 0 fully saturated rings. The van der Waals surface area contributed by atoms with Crippen LogP contribution in [0.15, 0.2) is 63.5 Å². The van der Waals surface area contributed by atoms with Crippen LogP contribution in [0.2, 0.25) is 0 Å². The van der Waals surface area contributed by atoms with Gasteiger partial charge in [-0.25, -0.2) is 9.98 Å². The molecule has 11 heteroatoms. The van der Waals surface area contributed by atoms with Gasteiger partial charge in [0.15, 0.2) is 11.0 Å². The molecule has 4 heterocycles. The molecule has 2 aliphatic heterocycles. The van der Waals surface area contributed by atoms with Crippen LogP contribution in [0.25, 0.3) is 0 Å². The van der Waals surface area contributed by atoms with E-state index >= 15 is 0 Å². The second-order valence-electron chi connectivity index (χ2n) is 5.97. The summed E-state index contributed by atoms with van der Waals surface area (Å²) in [5, 5.41) is 5.04. The Kier molecular flexibility index (Phi) is 4.54. The van der Waals surface area contributed by atoms with Crippen LogP contribution in [0.1, 0.15) is 10.6 Å². The summed E-state index contributed by atoms with van der Waals surface area (Å²) in [6.45, 7) is 0.119. The molecule has 6 nitrogen and oxygen atoms in total. The van der Waals surface area contributed by atoms with Crippen molar-refractivity contribution in [2.24, 2.45) is 4.99 Å². The highest BCUT2D eigenvalue weighted by molar-refractivity contribution is 7.09. The van der Waals surface area contributed by atoms with Gasteiger partial charge in [-0.1, -0.05) is 11.6 Å². The maximum atomic E-state index is 13.5.